The summed E-state index contributed by atoms with van der Waals surface area (Å²) < 4.78 is 5.74. The fourth-order valence-electron chi connectivity index (χ4n) is 3.13. The molecule has 1 aliphatic carbocycles. The van der Waals surface area contributed by atoms with Crippen LogP contribution in [0.1, 0.15) is 29.3 Å². The van der Waals surface area contributed by atoms with Gasteiger partial charge in [0, 0.05) is 10.6 Å². The number of fused-ring (bicyclic) bond motifs is 1. The van der Waals surface area contributed by atoms with Crippen molar-refractivity contribution in [3.05, 3.63) is 46.3 Å². The second-order valence-corrected chi connectivity index (χ2v) is 8.87. The van der Waals surface area contributed by atoms with E-state index in [0.29, 0.717) is 22.4 Å². The van der Waals surface area contributed by atoms with Crippen molar-refractivity contribution in [2.75, 3.05) is 11.1 Å². The van der Waals surface area contributed by atoms with Crippen molar-refractivity contribution in [3.8, 4) is 16.8 Å². The van der Waals surface area contributed by atoms with Gasteiger partial charge in [0.1, 0.15) is 0 Å². The predicted octanol–water partition coefficient (Wildman–Crippen LogP) is 4.53. The average molecular weight is 411 g/mol. The lowest BCUT2D eigenvalue weighted by Crippen LogP contribution is -2.13. The lowest BCUT2D eigenvalue weighted by Gasteiger charge is -2.16. The third-order valence-corrected chi connectivity index (χ3v) is 6.61. The fourth-order valence-corrected chi connectivity index (χ4v) is 4.82. The van der Waals surface area contributed by atoms with Crippen LogP contribution < -0.4 is 5.32 Å². The number of hydrogen-bond acceptors (Lipinski definition) is 7. The van der Waals surface area contributed by atoms with Gasteiger partial charge < -0.3 is 9.73 Å². The molecule has 0 unspecified atom stereocenters. The number of carbonyl (C=O) groups excluding carboxylic acids is 1. The molecule has 6 nitrogen and oxygen atoms in total. The van der Waals surface area contributed by atoms with Crippen LogP contribution in [0.25, 0.3) is 10.8 Å². The minimum absolute atomic E-state index is 0.167. The zero-order valence-electron chi connectivity index (χ0n) is 15.3. The van der Waals surface area contributed by atoms with Gasteiger partial charge in [0.2, 0.25) is 5.91 Å². The number of anilines is 1. The number of amides is 1. The Bertz CT molecular complexity index is 1030. The number of benzene rings is 1. The first-order valence-electron chi connectivity index (χ1n) is 8.99. The summed E-state index contributed by atoms with van der Waals surface area (Å²) in [6.07, 6.45) is 3.45. The number of nitriles is 1. The van der Waals surface area contributed by atoms with Crippen molar-refractivity contribution in [2.24, 2.45) is 5.92 Å². The van der Waals surface area contributed by atoms with Crippen LogP contribution >= 0.6 is 23.1 Å². The Morgan fingerprint density at radius 2 is 2.21 bits per heavy atom. The first-order chi connectivity index (χ1) is 13.6. The first kappa shape index (κ1) is 18.7. The summed E-state index contributed by atoms with van der Waals surface area (Å²) >= 11 is 2.93. The van der Waals surface area contributed by atoms with E-state index in [9.17, 15) is 4.79 Å². The predicted molar refractivity (Wildman–Crippen MR) is 109 cm³/mol. The van der Waals surface area contributed by atoms with Crippen LogP contribution in [0.4, 0.5) is 5.69 Å². The highest BCUT2D eigenvalue weighted by Crippen LogP contribution is 2.37. The highest BCUT2D eigenvalue weighted by Gasteiger charge is 2.21. The summed E-state index contributed by atoms with van der Waals surface area (Å²) in [6.45, 7) is 2.28. The van der Waals surface area contributed by atoms with E-state index in [1.807, 2.05) is 6.07 Å². The quantitative estimate of drug-likeness (QED) is 0.622. The number of carbonyl (C=O) groups is 1. The van der Waals surface area contributed by atoms with E-state index >= 15 is 0 Å². The second kappa shape index (κ2) is 8.17. The Kier molecular flexibility index (Phi) is 5.46. The molecule has 1 N–H and O–H groups in total. The van der Waals surface area contributed by atoms with Crippen LogP contribution in [0.3, 0.4) is 0 Å². The van der Waals surface area contributed by atoms with E-state index in [2.05, 4.69) is 28.5 Å². The Morgan fingerprint density at radius 3 is 3.00 bits per heavy atom. The van der Waals surface area contributed by atoms with Gasteiger partial charge >= 0.3 is 0 Å². The van der Waals surface area contributed by atoms with Crippen molar-refractivity contribution >= 4 is 34.7 Å². The fraction of sp³-hybridized carbons (Fsp3) is 0.300. The van der Waals surface area contributed by atoms with Crippen molar-refractivity contribution < 1.29 is 9.21 Å². The van der Waals surface area contributed by atoms with Gasteiger partial charge in [0.15, 0.2) is 0 Å². The monoisotopic (exact) mass is 410 g/mol. The Hall–Kier alpha value is -2.63. The number of aromatic nitrogens is 2. The van der Waals surface area contributed by atoms with Crippen molar-refractivity contribution in [3.63, 3.8) is 0 Å². The van der Waals surface area contributed by atoms with Gasteiger partial charge in [-0.05, 0) is 61.1 Å². The molecule has 0 saturated heterocycles. The molecule has 0 fully saturated rings. The number of aryl methyl sites for hydroxylation is 1. The SMILES string of the molecule is C[C@@H]1CCc2sc(-c3nnc(SCC(=O)Nc4ccc(C#N)cc4)o3)cc2C1. The normalized spacial score (nSPS) is 15.6. The van der Waals surface area contributed by atoms with Crippen LogP contribution in [0.15, 0.2) is 40.0 Å². The molecule has 1 aliphatic rings. The molecule has 0 radical (unpaired) electrons. The molecule has 1 aromatic carbocycles. The van der Waals surface area contributed by atoms with Crippen molar-refractivity contribution in [2.45, 2.75) is 31.4 Å². The van der Waals surface area contributed by atoms with Crippen LogP contribution in [-0.4, -0.2) is 21.9 Å². The molecular formula is C20H18N4O2S2. The zero-order valence-corrected chi connectivity index (χ0v) is 16.9. The summed E-state index contributed by atoms with van der Waals surface area (Å²) in [6, 6.07) is 10.9. The highest BCUT2D eigenvalue weighted by atomic mass is 32.2. The topological polar surface area (TPSA) is 91.8 Å². The molecule has 1 amide bonds. The maximum atomic E-state index is 12.1. The van der Waals surface area contributed by atoms with E-state index in [4.69, 9.17) is 9.68 Å². The number of nitrogens with zero attached hydrogens (tertiary/aromatic N) is 3. The maximum Gasteiger partial charge on any atom is 0.277 e. The number of hydrogen-bond donors (Lipinski definition) is 1. The van der Waals surface area contributed by atoms with Gasteiger partial charge in [0.25, 0.3) is 11.1 Å². The molecule has 142 valence electrons. The molecule has 4 rings (SSSR count). The van der Waals surface area contributed by atoms with Gasteiger partial charge in [-0.3, -0.25) is 4.79 Å². The average Bonchev–Trinajstić information content (AvgIpc) is 3.33. The summed E-state index contributed by atoms with van der Waals surface area (Å²) in [5.41, 5.74) is 2.60. The number of thiophene rings is 1. The summed E-state index contributed by atoms with van der Waals surface area (Å²) in [5.74, 6) is 1.23. The molecule has 0 aliphatic heterocycles. The largest absolute Gasteiger partial charge is 0.410 e. The number of thioether (sulfide) groups is 1. The molecule has 0 saturated carbocycles. The van der Waals surface area contributed by atoms with Gasteiger partial charge in [-0.15, -0.1) is 21.5 Å². The number of rotatable bonds is 5. The molecular weight excluding hydrogens is 392 g/mol. The summed E-state index contributed by atoms with van der Waals surface area (Å²) in [4.78, 5) is 14.5. The number of nitrogens with one attached hydrogen (secondary N) is 1. The smallest absolute Gasteiger partial charge is 0.277 e. The molecule has 0 spiro atoms. The third kappa shape index (κ3) is 4.26. The van der Waals surface area contributed by atoms with Gasteiger partial charge in [0.05, 0.1) is 22.3 Å². The minimum Gasteiger partial charge on any atom is -0.410 e. The molecule has 2 aromatic heterocycles. The molecule has 2 heterocycles. The van der Waals surface area contributed by atoms with Gasteiger partial charge in [-0.2, -0.15) is 5.26 Å². The summed E-state index contributed by atoms with van der Waals surface area (Å²) in [5, 5.41) is 20.2. The third-order valence-electron chi connectivity index (χ3n) is 4.57. The van der Waals surface area contributed by atoms with Crippen LogP contribution in [-0.2, 0) is 17.6 Å². The van der Waals surface area contributed by atoms with Gasteiger partial charge in [-0.1, -0.05) is 18.7 Å². The minimum atomic E-state index is -0.171. The Morgan fingerprint density at radius 1 is 1.39 bits per heavy atom. The van der Waals surface area contributed by atoms with E-state index in [-0.39, 0.29) is 11.7 Å². The lowest BCUT2D eigenvalue weighted by molar-refractivity contribution is -0.113. The van der Waals surface area contributed by atoms with E-state index in [1.165, 1.54) is 28.6 Å². The zero-order chi connectivity index (χ0) is 19.5. The van der Waals surface area contributed by atoms with Crippen molar-refractivity contribution in [1.82, 2.24) is 10.2 Å². The van der Waals surface area contributed by atoms with Crippen molar-refractivity contribution in [1.29, 1.82) is 5.26 Å². The van der Waals surface area contributed by atoms with Crippen LogP contribution in [0.5, 0.6) is 0 Å². The molecule has 1 atom stereocenters. The first-order valence-corrected chi connectivity index (χ1v) is 10.8. The molecule has 8 heteroatoms. The van der Waals surface area contributed by atoms with Crippen LogP contribution in [0.2, 0.25) is 0 Å². The highest BCUT2D eigenvalue weighted by molar-refractivity contribution is 7.99. The summed E-state index contributed by atoms with van der Waals surface area (Å²) in [7, 11) is 0. The Labute approximate surface area is 171 Å². The lowest BCUT2D eigenvalue weighted by atomic mass is 9.90. The molecule has 28 heavy (non-hydrogen) atoms. The van der Waals surface area contributed by atoms with E-state index < -0.39 is 0 Å². The molecule has 3 aromatic rings. The standard InChI is InChI=1S/C20H18N4O2S2/c1-12-2-7-16-14(8-12)9-17(28-16)19-23-24-20(26-19)27-11-18(25)22-15-5-3-13(10-21)4-6-15/h3-6,9,12H,2,7-8,11H2,1H3,(H,22,25)/t12-/m1/s1. The van der Waals surface area contributed by atoms with E-state index in [1.54, 1.807) is 35.6 Å². The maximum absolute atomic E-state index is 12.1. The molecule has 0 bridgehead atoms. The second-order valence-electron chi connectivity index (χ2n) is 6.81. The van der Waals surface area contributed by atoms with E-state index in [0.717, 1.165) is 23.6 Å². The van der Waals surface area contributed by atoms with Crippen LogP contribution in [0, 0.1) is 17.2 Å². The van der Waals surface area contributed by atoms with Gasteiger partial charge in [-0.25, -0.2) is 0 Å². The Balaban J connectivity index is 1.34.